The van der Waals surface area contributed by atoms with E-state index in [2.05, 4.69) is 32.9 Å². The van der Waals surface area contributed by atoms with Gasteiger partial charge in [0, 0.05) is 5.56 Å². The SMILES string of the molecule is COC(=O)c1c(C)cc(OC)c(C/C=C(\C)CCCC(C)(O)CCC=C(C)C)c1OC. The minimum atomic E-state index is -0.648. The topological polar surface area (TPSA) is 65.0 Å². The fraction of sp³-hybridized carbons (Fsp3) is 0.577. The van der Waals surface area contributed by atoms with E-state index in [0.29, 0.717) is 23.5 Å². The lowest BCUT2D eigenvalue weighted by molar-refractivity contribution is 0.0410. The average molecular weight is 433 g/mol. The normalized spacial score (nSPS) is 13.4. The molecule has 0 aliphatic heterocycles. The van der Waals surface area contributed by atoms with Crippen LogP contribution in [0.5, 0.6) is 11.5 Å². The van der Waals surface area contributed by atoms with Gasteiger partial charge in [0.2, 0.25) is 0 Å². The molecule has 0 saturated heterocycles. The Kier molecular flexibility index (Phi) is 10.8. The maximum absolute atomic E-state index is 12.3. The van der Waals surface area contributed by atoms with E-state index < -0.39 is 11.6 Å². The summed E-state index contributed by atoms with van der Waals surface area (Å²) in [7, 11) is 4.53. The van der Waals surface area contributed by atoms with Crippen LogP contribution in [0.3, 0.4) is 0 Å². The van der Waals surface area contributed by atoms with E-state index in [0.717, 1.165) is 43.2 Å². The zero-order chi connectivity index (χ0) is 23.6. The molecule has 31 heavy (non-hydrogen) atoms. The Morgan fingerprint density at radius 1 is 1.10 bits per heavy atom. The second kappa shape index (κ2) is 12.6. The van der Waals surface area contributed by atoms with Gasteiger partial charge in [-0.15, -0.1) is 0 Å². The van der Waals surface area contributed by atoms with Crippen molar-refractivity contribution in [1.29, 1.82) is 0 Å². The quantitative estimate of drug-likeness (QED) is 0.326. The number of allylic oxidation sites excluding steroid dienone is 4. The van der Waals surface area contributed by atoms with Gasteiger partial charge in [-0.25, -0.2) is 4.79 Å². The number of hydrogen-bond acceptors (Lipinski definition) is 5. The monoisotopic (exact) mass is 432 g/mol. The van der Waals surface area contributed by atoms with Crippen LogP contribution in [0.1, 0.15) is 81.3 Å². The lowest BCUT2D eigenvalue weighted by Crippen LogP contribution is -2.23. The number of methoxy groups -OCH3 is 3. The number of ether oxygens (including phenoxy) is 3. The van der Waals surface area contributed by atoms with Crippen molar-refractivity contribution in [3.63, 3.8) is 0 Å². The summed E-state index contributed by atoms with van der Waals surface area (Å²) in [6, 6.07) is 1.84. The molecule has 0 bridgehead atoms. The molecule has 0 spiro atoms. The van der Waals surface area contributed by atoms with E-state index in [1.165, 1.54) is 18.3 Å². The Bertz CT molecular complexity index is 799. The molecule has 1 unspecified atom stereocenters. The van der Waals surface area contributed by atoms with Gasteiger partial charge in [-0.1, -0.05) is 23.3 Å². The number of esters is 1. The van der Waals surface area contributed by atoms with Crippen LogP contribution in [-0.2, 0) is 11.2 Å². The predicted molar refractivity (Wildman–Crippen MR) is 126 cm³/mol. The molecule has 0 heterocycles. The van der Waals surface area contributed by atoms with Crippen molar-refractivity contribution in [1.82, 2.24) is 0 Å². The van der Waals surface area contributed by atoms with E-state index in [1.807, 2.05) is 19.9 Å². The number of hydrogen-bond donors (Lipinski definition) is 1. The van der Waals surface area contributed by atoms with Gasteiger partial charge in [-0.05, 0) is 84.8 Å². The summed E-state index contributed by atoms with van der Waals surface area (Å²) in [6.07, 6.45) is 9.14. The molecular formula is C26H40O5. The summed E-state index contributed by atoms with van der Waals surface area (Å²) in [5.41, 5.74) is 3.87. The molecule has 0 fully saturated rings. The molecule has 1 N–H and O–H groups in total. The van der Waals surface area contributed by atoms with Crippen LogP contribution in [0.2, 0.25) is 0 Å². The van der Waals surface area contributed by atoms with Crippen LogP contribution >= 0.6 is 0 Å². The lowest BCUT2D eigenvalue weighted by atomic mass is 9.92. The molecule has 0 radical (unpaired) electrons. The zero-order valence-electron chi connectivity index (χ0n) is 20.6. The second-order valence-corrected chi connectivity index (χ2v) is 8.70. The van der Waals surface area contributed by atoms with Crippen molar-refractivity contribution in [3.8, 4) is 11.5 Å². The van der Waals surface area contributed by atoms with Gasteiger partial charge in [-0.3, -0.25) is 0 Å². The number of aliphatic hydroxyl groups is 1. The molecule has 1 aromatic rings. The van der Waals surface area contributed by atoms with E-state index in [1.54, 1.807) is 14.2 Å². The number of carbonyl (C=O) groups excluding carboxylic acids is 1. The first kappa shape index (κ1) is 26.8. The summed E-state index contributed by atoms with van der Waals surface area (Å²) in [4.78, 5) is 12.3. The smallest absolute Gasteiger partial charge is 0.341 e. The summed E-state index contributed by atoms with van der Waals surface area (Å²) < 4.78 is 16.1. The zero-order valence-corrected chi connectivity index (χ0v) is 20.6. The van der Waals surface area contributed by atoms with Gasteiger partial charge in [0.15, 0.2) is 0 Å². The van der Waals surface area contributed by atoms with Crippen molar-refractivity contribution >= 4 is 5.97 Å². The molecule has 5 nitrogen and oxygen atoms in total. The molecular weight excluding hydrogens is 392 g/mol. The molecule has 174 valence electrons. The molecule has 0 aromatic heterocycles. The standard InChI is InChI=1S/C26H40O5/c1-18(2)11-9-15-26(5,28)16-10-12-19(3)13-14-21-22(29-6)17-20(4)23(24(21)30-7)25(27)31-8/h11,13,17,28H,9-10,12,14-16H2,1-8H3/b19-13+. The van der Waals surface area contributed by atoms with E-state index in [-0.39, 0.29) is 0 Å². The number of aryl methyl sites for hydroxylation is 1. The predicted octanol–water partition coefficient (Wildman–Crippen LogP) is 5.96. The fourth-order valence-corrected chi connectivity index (χ4v) is 3.68. The van der Waals surface area contributed by atoms with Gasteiger partial charge in [0.25, 0.3) is 0 Å². The first-order chi connectivity index (χ1) is 14.6. The van der Waals surface area contributed by atoms with Gasteiger partial charge in [0.1, 0.15) is 17.1 Å². The molecule has 1 atom stereocenters. The highest BCUT2D eigenvalue weighted by Crippen LogP contribution is 2.36. The van der Waals surface area contributed by atoms with Gasteiger partial charge in [0.05, 0.1) is 26.9 Å². The van der Waals surface area contributed by atoms with Crippen molar-refractivity contribution in [2.75, 3.05) is 21.3 Å². The Hall–Kier alpha value is -2.27. The lowest BCUT2D eigenvalue weighted by Gasteiger charge is -2.22. The third-order valence-electron chi connectivity index (χ3n) is 5.53. The Balaban J connectivity index is 2.88. The summed E-state index contributed by atoms with van der Waals surface area (Å²) in [6.45, 7) is 10.0. The van der Waals surface area contributed by atoms with Crippen molar-refractivity contribution < 1.29 is 24.1 Å². The van der Waals surface area contributed by atoms with Crippen molar-refractivity contribution in [2.45, 2.75) is 78.7 Å². The first-order valence-corrected chi connectivity index (χ1v) is 10.9. The van der Waals surface area contributed by atoms with Crippen LogP contribution < -0.4 is 9.47 Å². The summed E-state index contributed by atoms with van der Waals surface area (Å²) >= 11 is 0. The van der Waals surface area contributed by atoms with Crippen LogP contribution in [-0.4, -0.2) is 38.0 Å². The Labute approximate surface area is 188 Å². The minimum Gasteiger partial charge on any atom is -0.496 e. The number of carbonyl (C=O) groups is 1. The molecule has 1 rings (SSSR count). The van der Waals surface area contributed by atoms with E-state index >= 15 is 0 Å². The van der Waals surface area contributed by atoms with Crippen molar-refractivity contribution in [3.05, 3.63) is 46.1 Å². The highest BCUT2D eigenvalue weighted by atomic mass is 16.5. The summed E-state index contributed by atoms with van der Waals surface area (Å²) in [5, 5.41) is 10.6. The average Bonchev–Trinajstić information content (AvgIpc) is 2.70. The van der Waals surface area contributed by atoms with Crippen LogP contribution in [0.4, 0.5) is 0 Å². The molecule has 0 saturated carbocycles. The van der Waals surface area contributed by atoms with Gasteiger partial charge >= 0.3 is 5.97 Å². The molecule has 0 aliphatic carbocycles. The number of rotatable bonds is 12. The first-order valence-electron chi connectivity index (χ1n) is 10.9. The largest absolute Gasteiger partial charge is 0.496 e. The van der Waals surface area contributed by atoms with Crippen LogP contribution in [0, 0.1) is 6.92 Å². The summed E-state index contributed by atoms with van der Waals surface area (Å²) in [5.74, 6) is 0.762. The molecule has 5 heteroatoms. The van der Waals surface area contributed by atoms with E-state index in [9.17, 15) is 9.90 Å². The second-order valence-electron chi connectivity index (χ2n) is 8.70. The Morgan fingerprint density at radius 2 is 1.77 bits per heavy atom. The third-order valence-corrected chi connectivity index (χ3v) is 5.53. The molecule has 1 aromatic carbocycles. The van der Waals surface area contributed by atoms with Crippen LogP contribution in [0.15, 0.2) is 29.4 Å². The fourth-order valence-electron chi connectivity index (χ4n) is 3.68. The maximum atomic E-state index is 12.3. The maximum Gasteiger partial charge on any atom is 0.341 e. The molecule has 0 amide bonds. The number of benzene rings is 1. The van der Waals surface area contributed by atoms with Crippen molar-refractivity contribution in [2.24, 2.45) is 0 Å². The van der Waals surface area contributed by atoms with Gasteiger partial charge < -0.3 is 19.3 Å². The van der Waals surface area contributed by atoms with Crippen LogP contribution in [0.25, 0.3) is 0 Å². The van der Waals surface area contributed by atoms with E-state index in [4.69, 9.17) is 14.2 Å². The highest BCUT2D eigenvalue weighted by molar-refractivity contribution is 5.95. The highest BCUT2D eigenvalue weighted by Gasteiger charge is 2.23. The van der Waals surface area contributed by atoms with Gasteiger partial charge in [-0.2, -0.15) is 0 Å². The minimum absolute atomic E-state index is 0.422. The Morgan fingerprint density at radius 3 is 2.32 bits per heavy atom. The third kappa shape index (κ3) is 8.41. The molecule has 0 aliphatic rings.